The highest BCUT2D eigenvalue weighted by Crippen LogP contribution is 2.30. The number of benzene rings is 2. The van der Waals surface area contributed by atoms with Gasteiger partial charge in [-0.15, -0.1) is 11.3 Å². The summed E-state index contributed by atoms with van der Waals surface area (Å²) in [6.07, 6.45) is 0. The molecule has 1 saturated heterocycles. The third kappa shape index (κ3) is 3.15. The Kier molecular flexibility index (Phi) is 4.80. The van der Waals surface area contributed by atoms with Crippen molar-refractivity contribution in [2.45, 2.75) is 6.92 Å². The van der Waals surface area contributed by atoms with Gasteiger partial charge < -0.3 is 14.5 Å². The zero-order valence-corrected chi connectivity index (χ0v) is 15.7. The summed E-state index contributed by atoms with van der Waals surface area (Å²) in [6, 6.07) is 16.2. The van der Waals surface area contributed by atoms with Gasteiger partial charge in [0, 0.05) is 41.6 Å². The van der Waals surface area contributed by atoms with Crippen LogP contribution in [0.25, 0.3) is 10.1 Å². The number of carbonyl (C=O) groups is 1. The fourth-order valence-corrected chi connectivity index (χ4v) is 4.39. The van der Waals surface area contributed by atoms with E-state index in [0.29, 0.717) is 6.61 Å². The lowest BCUT2D eigenvalue weighted by Crippen LogP contribution is -2.48. The van der Waals surface area contributed by atoms with Crippen LogP contribution in [0.15, 0.2) is 53.9 Å². The molecule has 1 fully saturated rings. The van der Waals surface area contributed by atoms with E-state index in [1.807, 2.05) is 53.6 Å². The minimum absolute atomic E-state index is 0.139. The molecule has 3 aromatic rings. The summed E-state index contributed by atoms with van der Waals surface area (Å²) in [7, 11) is 0. The predicted molar refractivity (Wildman–Crippen MR) is 108 cm³/mol. The van der Waals surface area contributed by atoms with E-state index in [2.05, 4.69) is 17.0 Å². The van der Waals surface area contributed by atoms with Crippen molar-refractivity contribution in [3.05, 3.63) is 59.5 Å². The van der Waals surface area contributed by atoms with Gasteiger partial charge in [0.05, 0.1) is 17.9 Å². The largest absolute Gasteiger partial charge is 0.492 e. The molecule has 1 amide bonds. The molecule has 2 aromatic carbocycles. The molecular formula is C21H22N2O2S. The van der Waals surface area contributed by atoms with Crippen LogP contribution in [-0.2, 0) is 0 Å². The monoisotopic (exact) mass is 366 g/mol. The number of nitrogens with zero attached hydrogens (tertiary/aromatic N) is 2. The van der Waals surface area contributed by atoms with E-state index in [4.69, 9.17) is 4.74 Å². The third-order valence-corrected chi connectivity index (χ3v) is 5.75. The van der Waals surface area contributed by atoms with Gasteiger partial charge in [-0.25, -0.2) is 0 Å². The molecule has 1 aliphatic heterocycles. The number of hydrogen-bond acceptors (Lipinski definition) is 4. The van der Waals surface area contributed by atoms with Crippen molar-refractivity contribution in [1.29, 1.82) is 0 Å². The molecular weight excluding hydrogens is 344 g/mol. The van der Waals surface area contributed by atoms with Crippen molar-refractivity contribution in [3.8, 4) is 5.75 Å². The number of hydrogen-bond donors (Lipinski definition) is 0. The molecule has 0 bridgehead atoms. The molecule has 5 heteroatoms. The fraction of sp³-hybridized carbons (Fsp3) is 0.286. The van der Waals surface area contributed by atoms with Crippen LogP contribution in [0.3, 0.4) is 0 Å². The van der Waals surface area contributed by atoms with E-state index >= 15 is 0 Å². The maximum atomic E-state index is 13.0. The first-order valence-electron chi connectivity index (χ1n) is 9.00. The van der Waals surface area contributed by atoms with Crippen molar-refractivity contribution in [3.63, 3.8) is 0 Å². The van der Waals surface area contributed by atoms with Crippen molar-refractivity contribution < 1.29 is 9.53 Å². The summed E-state index contributed by atoms with van der Waals surface area (Å²) in [5, 5.41) is 3.05. The van der Waals surface area contributed by atoms with Crippen LogP contribution in [0.4, 0.5) is 5.69 Å². The highest BCUT2D eigenvalue weighted by molar-refractivity contribution is 7.17. The van der Waals surface area contributed by atoms with Crippen molar-refractivity contribution in [2.24, 2.45) is 0 Å². The molecule has 0 N–H and O–H groups in total. The molecule has 1 aliphatic rings. The van der Waals surface area contributed by atoms with Crippen LogP contribution in [0, 0.1) is 0 Å². The molecule has 0 radical (unpaired) electrons. The first-order chi connectivity index (χ1) is 12.8. The van der Waals surface area contributed by atoms with E-state index in [-0.39, 0.29) is 5.91 Å². The average molecular weight is 366 g/mol. The highest BCUT2D eigenvalue weighted by atomic mass is 32.1. The third-order valence-electron chi connectivity index (χ3n) is 4.78. The molecule has 26 heavy (non-hydrogen) atoms. The summed E-state index contributed by atoms with van der Waals surface area (Å²) >= 11 is 1.64. The SMILES string of the molecule is CCOc1ccccc1N1CCN(C(=O)c2csc3ccccc23)CC1. The standard InChI is InChI=1S/C21H22N2O2S/c1-2-25-19-9-5-4-8-18(19)22-11-13-23(14-12-22)21(24)17-15-26-20-10-6-3-7-16(17)20/h3-10,15H,2,11-14H2,1H3. The molecule has 0 spiro atoms. The predicted octanol–water partition coefficient (Wildman–Crippen LogP) is 4.26. The normalized spacial score (nSPS) is 14.7. The number of amides is 1. The van der Waals surface area contributed by atoms with Gasteiger partial charge in [0.1, 0.15) is 5.75 Å². The van der Waals surface area contributed by atoms with Crippen LogP contribution in [0.1, 0.15) is 17.3 Å². The maximum Gasteiger partial charge on any atom is 0.255 e. The molecule has 1 aromatic heterocycles. The Labute approximate surface area is 157 Å². The average Bonchev–Trinajstić information content (AvgIpc) is 3.12. The highest BCUT2D eigenvalue weighted by Gasteiger charge is 2.25. The first kappa shape index (κ1) is 16.9. The lowest BCUT2D eigenvalue weighted by Gasteiger charge is -2.36. The summed E-state index contributed by atoms with van der Waals surface area (Å²) in [6.45, 7) is 5.74. The Morgan fingerprint density at radius 3 is 2.58 bits per heavy atom. The fourth-order valence-electron chi connectivity index (χ4n) is 3.46. The van der Waals surface area contributed by atoms with Gasteiger partial charge in [-0.2, -0.15) is 0 Å². The smallest absolute Gasteiger partial charge is 0.255 e. The number of ether oxygens (including phenoxy) is 1. The van der Waals surface area contributed by atoms with E-state index in [1.165, 1.54) is 4.70 Å². The second-order valence-electron chi connectivity index (χ2n) is 6.33. The number of fused-ring (bicyclic) bond motifs is 1. The Morgan fingerprint density at radius 1 is 1.04 bits per heavy atom. The van der Waals surface area contributed by atoms with Crippen LogP contribution in [0.2, 0.25) is 0 Å². The van der Waals surface area contributed by atoms with Crippen LogP contribution in [0.5, 0.6) is 5.75 Å². The first-order valence-corrected chi connectivity index (χ1v) is 9.88. The summed E-state index contributed by atoms with van der Waals surface area (Å²) in [4.78, 5) is 17.2. The van der Waals surface area contributed by atoms with Gasteiger partial charge in [-0.05, 0) is 25.1 Å². The van der Waals surface area contributed by atoms with E-state index in [0.717, 1.165) is 48.6 Å². The topological polar surface area (TPSA) is 32.8 Å². The van der Waals surface area contributed by atoms with Gasteiger partial charge in [0.25, 0.3) is 5.91 Å². The molecule has 4 rings (SSSR count). The van der Waals surface area contributed by atoms with Gasteiger partial charge in [0.15, 0.2) is 0 Å². The number of piperazine rings is 1. The number of para-hydroxylation sites is 2. The van der Waals surface area contributed by atoms with E-state index < -0.39 is 0 Å². The molecule has 134 valence electrons. The zero-order chi connectivity index (χ0) is 17.9. The molecule has 2 heterocycles. The van der Waals surface area contributed by atoms with Crippen LogP contribution < -0.4 is 9.64 Å². The lowest BCUT2D eigenvalue weighted by atomic mass is 10.1. The van der Waals surface area contributed by atoms with E-state index in [9.17, 15) is 4.79 Å². The van der Waals surface area contributed by atoms with Crippen LogP contribution in [-0.4, -0.2) is 43.6 Å². The van der Waals surface area contributed by atoms with Gasteiger partial charge in [0.2, 0.25) is 0 Å². The number of thiophene rings is 1. The number of anilines is 1. The number of carbonyl (C=O) groups excluding carboxylic acids is 1. The maximum absolute atomic E-state index is 13.0. The second kappa shape index (κ2) is 7.38. The second-order valence-corrected chi connectivity index (χ2v) is 7.24. The quantitative estimate of drug-likeness (QED) is 0.692. The van der Waals surface area contributed by atoms with Gasteiger partial charge in [-0.3, -0.25) is 4.79 Å². The summed E-state index contributed by atoms with van der Waals surface area (Å²) < 4.78 is 6.92. The summed E-state index contributed by atoms with van der Waals surface area (Å²) in [5.74, 6) is 1.05. The molecule has 0 saturated carbocycles. The molecule has 0 atom stereocenters. The molecule has 0 unspecified atom stereocenters. The Hall–Kier alpha value is -2.53. The Morgan fingerprint density at radius 2 is 1.77 bits per heavy atom. The van der Waals surface area contributed by atoms with Crippen molar-refractivity contribution >= 4 is 33.0 Å². The lowest BCUT2D eigenvalue weighted by molar-refractivity contribution is 0.0749. The Bertz CT molecular complexity index is 913. The van der Waals surface area contributed by atoms with E-state index in [1.54, 1.807) is 11.3 Å². The van der Waals surface area contributed by atoms with Gasteiger partial charge >= 0.3 is 0 Å². The minimum atomic E-state index is 0.139. The van der Waals surface area contributed by atoms with Crippen LogP contribution >= 0.6 is 11.3 Å². The van der Waals surface area contributed by atoms with Gasteiger partial charge in [-0.1, -0.05) is 30.3 Å². The van der Waals surface area contributed by atoms with Crippen molar-refractivity contribution in [1.82, 2.24) is 4.90 Å². The minimum Gasteiger partial charge on any atom is -0.492 e. The molecule has 4 nitrogen and oxygen atoms in total. The summed E-state index contributed by atoms with van der Waals surface area (Å²) in [5.41, 5.74) is 1.94. The zero-order valence-electron chi connectivity index (χ0n) is 14.9. The Balaban J connectivity index is 1.48. The molecule has 0 aliphatic carbocycles. The van der Waals surface area contributed by atoms with Crippen molar-refractivity contribution in [2.75, 3.05) is 37.7 Å². The number of rotatable bonds is 4.